The molecule has 108 valence electrons. The molecular weight excluding hydrogens is 275 g/mol. The average Bonchev–Trinajstić information content (AvgIpc) is 2.75. The van der Waals surface area contributed by atoms with Gasteiger partial charge in [-0.15, -0.1) is 11.3 Å². The fourth-order valence-corrected chi connectivity index (χ4v) is 3.32. The van der Waals surface area contributed by atoms with Crippen LogP contribution in [0.4, 0.5) is 4.39 Å². The molecule has 0 saturated heterocycles. The molecule has 0 aliphatic carbocycles. The number of halogens is 1. The first kappa shape index (κ1) is 14.9. The van der Waals surface area contributed by atoms with Crippen LogP contribution >= 0.6 is 11.3 Å². The fraction of sp³-hybridized carbons (Fsp3) is 0.400. The molecule has 1 atom stereocenters. The quantitative estimate of drug-likeness (QED) is 0.915. The van der Waals surface area contributed by atoms with Gasteiger partial charge in [0.15, 0.2) is 0 Å². The van der Waals surface area contributed by atoms with E-state index >= 15 is 0 Å². The number of hydrogen-bond donors (Lipinski definition) is 1. The van der Waals surface area contributed by atoms with Crippen molar-refractivity contribution >= 4 is 11.3 Å². The van der Waals surface area contributed by atoms with Gasteiger partial charge in [0.2, 0.25) is 0 Å². The van der Waals surface area contributed by atoms with Crippen LogP contribution < -0.4 is 10.1 Å². The summed E-state index contributed by atoms with van der Waals surface area (Å²) < 4.78 is 19.0. The normalized spacial score (nSPS) is 12.4. The Morgan fingerprint density at radius 3 is 2.70 bits per heavy atom. The summed E-state index contributed by atoms with van der Waals surface area (Å²) in [5, 5.41) is 4.41. The van der Waals surface area contributed by atoms with Crippen LogP contribution in [0.2, 0.25) is 0 Å². The Morgan fingerprint density at radius 1 is 1.40 bits per heavy atom. The molecule has 0 spiro atoms. The SMILES string of the molecule is CCNC(c1cc(F)ccc1OC)c1sc(C)nc1C. The Kier molecular flexibility index (Phi) is 4.73. The number of aromatic nitrogens is 1. The largest absolute Gasteiger partial charge is 0.496 e. The lowest BCUT2D eigenvalue weighted by molar-refractivity contribution is 0.403. The third-order valence-electron chi connectivity index (χ3n) is 3.11. The lowest BCUT2D eigenvalue weighted by atomic mass is 10.0. The zero-order valence-corrected chi connectivity index (χ0v) is 13.0. The van der Waals surface area contributed by atoms with E-state index in [9.17, 15) is 4.39 Å². The van der Waals surface area contributed by atoms with E-state index in [2.05, 4.69) is 10.3 Å². The minimum absolute atomic E-state index is 0.100. The summed E-state index contributed by atoms with van der Waals surface area (Å²) in [6, 6.07) is 4.51. The monoisotopic (exact) mass is 294 g/mol. The molecule has 2 aromatic rings. The highest BCUT2D eigenvalue weighted by Gasteiger charge is 2.22. The topological polar surface area (TPSA) is 34.1 Å². The molecule has 0 aliphatic heterocycles. The van der Waals surface area contributed by atoms with E-state index in [-0.39, 0.29) is 11.9 Å². The van der Waals surface area contributed by atoms with Crippen molar-refractivity contribution < 1.29 is 9.13 Å². The first-order chi connectivity index (χ1) is 9.56. The van der Waals surface area contributed by atoms with Crippen LogP contribution in [0.25, 0.3) is 0 Å². The van der Waals surface area contributed by atoms with Crippen molar-refractivity contribution in [1.82, 2.24) is 10.3 Å². The van der Waals surface area contributed by atoms with Crippen molar-refractivity contribution in [3.63, 3.8) is 0 Å². The first-order valence-electron chi connectivity index (χ1n) is 6.57. The molecule has 0 aliphatic rings. The molecule has 0 saturated carbocycles. The van der Waals surface area contributed by atoms with Gasteiger partial charge in [-0.2, -0.15) is 0 Å². The zero-order chi connectivity index (χ0) is 14.7. The van der Waals surface area contributed by atoms with Gasteiger partial charge in [0.25, 0.3) is 0 Å². The van der Waals surface area contributed by atoms with E-state index in [1.54, 1.807) is 24.5 Å². The molecule has 5 heteroatoms. The van der Waals surface area contributed by atoms with Crippen LogP contribution in [0, 0.1) is 19.7 Å². The van der Waals surface area contributed by atoms with Crippen molar-refractivity contribution in [1.29, 1.82) is 0 Å². The summed E-state index contributed by atoms with van der Waals surface area (Å²) in [7, 11) is 1.60. The van der Waals surface area contributed by atoms with Crippen LogP contribution in [0.3, 0.4) is 0 Å². The number of ether oxygens (including phenoxy) is 1. The van der Waals surface area contributed by atoms with Crippen LogP contribution in [-0.2, 0) is 0 Å². The molecule has 1 aromatic heterocycles. The first-order valence-corrected chi connectivity index (χ1v) is 7.39. The Morgan fingerprint density at radius 2 is 2.15 bits per heavy atom. The second-order valence-corrected chi connectivity index (χ2v) is 5.79. The van der Waals surface area contributed by atoms with Crippen molar-refractivity contribution in [2.75, 3.05) is 13.7 Å². The van der Waals surface area contributed by atoms with Gasteiger partial charge in [-0.1, -0.05) is 6.92 Å². The van der Waals surface area contributed by atoms with Gasteiger partial charge < -0.3 is 10.1 Å². The molecule has 0 radical (unpaired) electrons. The van der Waals surface area contributed by atoms with E-state index < -0.39 is 0 Å². The summed E-state index contributed by atoms with van der Waals surface area (Å²) in [4.78, 5) is 5.57. The minimum Gasteiger partial charge on any atom is -0.496 e. The second-order valence-electron chi connectivity index (χ2n) is 4.56. The predicted octanol–water partition coefficient (Wildman–Crippen LogP) is 3.61. The second kappa shape index (κ2) is 6.33. The lowest BCUT2D eigenvalue weighted by Gasteiger charge is -2.20. The molecule has 3 nitrogen and oxygen atoms in total. The highest BCUT2D eigenvalue weighted by molar-refractivity contribution is 7.11. The zero-order valence-electron chi connectivity index (χ0n) is 12.2. The van der Waals surface area contributed by atoms with Crippen molar-refractivity contribution in [3.05, 3.63) is 45.2 Å². The van der Waals surface area contributed by atoms with Gasteiger partial charge in [-0.3, -0.25) is 0 Å². The van der Waals surface area contributed by atoms with Crippen LogP contribution in [0.5, 0.6) is 5.75 Å². The Bertz CT molecular complexity index is 598. The van der Waals surface area contributed by atoms with E-state index in [0.717, 1.165) is 27.7 Å². The molecule has 1 N–H and O–H groups in total. The molecule has 1 aromatic carbocycles. The van der Waals surface area contributed by atoms with Gasteiger partial charge in [-0.25, -0.2) is 9.37 Å². The minimum atomic E-state index is -0.261. The molecule has 0 fully saturated rings. The molecule has 0 amide bonds. The number of benzene rings is 1. The number of nitrogens with one attached hydrogen (secondary N) is 1. The summed E-state index contributed by atoms with van der Waals surface area (Å²) in [6.45, 7) is 6.77. The molecule has 0 bridgehead atoms. The smallest absolute Gasteiger partial charge is 0.124 e. The average molecular weight is 294 g/mol. The summed E-state index contributed by atoms with van der Waals surface area (Å²) in [5.41, 5.74) is 1.78. The number of nitrogens with zero attached hydrogens (tertiary/aromatic N) is 1. The summed E-state index contributed by atoms with van der Waals surface area (Å²) in [5.74, 6) is 0.422. The number of methoxy groups -OCH3 is 1. The Labute approximate surface area is 122 Å². The van der Waals surface area contributed by atoms with E-state index in [1.807, 2.05) is 20.8 Å². The van der Waals surface area contributed by atoms with Crippen LogP contribution in [-0.4, -0.2) is 18.6 Å². The molecule has 2 rings (SSSR count). The highest BCUT2D eigenvalue weighted by Crippen LogP contribution is 2.35. The van der Waals surface area contributed by atoms with Crippen LogP contribution in [0.15, 0.2) is 18.2 Å². The van der Waals surface area contributed by atoms with E-state index in [0.29, 0.717) is 5.75 Å². The van der Waals surface area contributed by atoms with Gasteiger partial charge in [0.1, 0.15) is 11.6 Å². The molecule has 1 heterocycles. The third-order valence-corrected chi connectivity index (χ3v) is 4.25. The summed E-state index contributed by atoms with van der Waals surface area (Å²) >= 11 is 1.63. The third kappa shape index (κ3) is 2.99. The fourth-order valence-electron chi connectivity index (χ4n) is 2.29. The van der Waals surface area contributed by atoms with Crippen molar-refractivity contribution in [3.8, 4) is 5.75 Å². The lowest BCUT2D eigenvalue weighted by Crippen LogP contribution is -2.22. The van der Waals surface area contributed by atoms with Crippen LogP contribution in [0.1, 0.15) is 34.1 Å². The Balaban J connectivity index is 2.53. The maximum Gasteiger partial charge on any atom is 0.124 e. The standard InChI is InChI=1S/C15H19FN2OS/c1-5-17-14(15-9(2)18-10(3)20-15)12-8-11(16)6-7-13(12)19-4/h6-8,14,17H,5H2,1-4H3. The van der Waals surface area contributed by atoms with E-state index in [1.165, 1.54) is 12.1 Å². The van der Waals surface area contributed by atoms with Crippen molar-refractivity contribution in [2.45, 2.75) is 26.8 Å². The van der Waals surface area contributed by atoms with Crippen molar-refractivity contribution in [2.24, 2.45) is 0 Å². The van der Waals surface area contributed by atoms with Gasteiger partial charge in [0.05, 0.1) is 23.9 Å². The van der Waals surface area contributed by atoms with E-state index in [4.69, 9.17) is 4.74 Å². The maximum atomic E-state index is 13.6. The number of hydrogen-bond acceptors (Lipinski definition) is 4. The molecule has 20 heavy (non-hydrogen) atoms. The predicted molar refractivity (Wildman–Crippen MR) is 80.1 cm³/mol. The maximum absolute atomic E-state index is 13.6. The van der Waals surface area contributed by atoms with Gasteiger partial charge in [0, 0.05) is 10.4 Å². The number of thiazole rings is 1. The highest BCUT2D eigenvalue weighted by atomic mass is 32.1. The molecule has 1 unspecified atom stereocenters. The van der Waals surface area contributed by atoms with Gasteiger partial charge in [-0.05, 0) is 38.6 Å². The summed E-state index contributed by atoms with van der Waals surface area (Å²) in [6.07, 6.45) is 0. The number of aryl methyl sites for hydroxylation is 2. The number of rotatable bonds is 5. The van der Waals surface area contributed by atoms with Gasteiger partial charge >= 0.3 is 0 Å². The molecular formula is C15H19FN2OS. The Hall–Kier alpha value is -1.46.